The minimum absolute atomic E-state index is 0.0476. The van der Waals surface area contributed by atoms with Crippen molar-refractivity contribution in [3.8, 4) is 0 Å². The van der Waals surface area contributed by atoms with E-state index >= 15 is 0 Å². The van der Waals surface area contributed by atoms with Gasteiger partial charge in [0.2, 0.25) is 10.0 Å². The Morgan fingerprint density at radius 2 is 2.00 bits per heavy atom. The van der Waals surface area contributed by atoms with Gasteiger partial charge < -0.3 is 5.11 Å². The van der Waals surface area contributed by atoms with Crippen LogP contribution in [0.25, 0.3) is 0 Å². The summed E-state index contributed by atoms with van der Waals surface area (Å²) in [5.41, 5.74) is -0.890. The first kappa shape index (κ1) is 14.0. The van der Waals surface area contributed by atoms with Crippen molar-refractivity contribution in [1.82, 2.24) is 4.31 Å². The third kappa shape index (κ3) is 2.34. The number of sulfonamides is 1. The summed E-state index contributed by atoms with van der Waals surface area (Å²) >= 11 is 3.26. The predicted octanol–water partition coefficient (Wildman–Crippen LogP) is 1.84. The van der Waals surface area contributed by atoms with Gasteiger partial charge in [0, 0.05) is 17.6 Å². The molecule has 2 rings (SSSR count). The number of hydrogen-bond donors (Lipinski definition) is 1. The summed E-state index contributed by atoms with van der Waals surface area (Å²) in [6.07, 6.45) is 0. The molecule has 0 atom stereocenters. The van der Waals surface area contributed by atoms with Crippen molar-refractivity contribution >= 4 is 26.0 Å². The Balaban J connectivity index is 2.21. The summed E-state index contributed by atoms with van der Waals surface area (Å²) in [7, 11) is -3.49. The second-order valence-corrected chi connectivity index (χ2v) is 7.84. The fraction of sp³-hybridized carbons (Fsp3) is 0.500. The smallest absolute Gasteiger partial charge is 0.243 e. The first-order chi connectivity index (χ1) is 8.25. The van der Waals surface area contributed by atoms with Gasteiger partial charge in [0.05, 0.1) is 10.5 Å². The van der Waals surface area contributed by atoms with Crippen LogP contribution in [0.2, 0.25) is 0 Å². The molecular formula is C12H16BrNO3S. The highest BCUT2D eigenvalue weighted by atomic mass is 79.9. The normalized spacial score (nSPS) is 19.8. The highest BCUT2D eigenvalue weighted by Gasteiger charge is 2.49. The highest BCUT2D eigenvalue weighted by Crippen LogP contribution is 2.33. The van der Waals surface area contributed by atoms with Crippen LogP contribution in [0.1, 0.15) is 13.8 Å². The number of aliphatic hydroxyl groups is 1. The van der Waals surface area contributed by atoms with Gasteiger partial charge in [-0.3, -0.25) is 0 Å². The molecule has 0 bridgehead atoms. The fourth-order valence-corrected chi connectivity index (χ4v) is 4.04. The maximum atomic E-state index is 12.3. The van der Waals surface area contributed by atoms with Crippen LogP contribution in [0, 0.1) is 5.92 Å². The van der Waals surface area contributed by atoms with E-state index in [0.717, 1.165) is 4.47 Å². The van der Waals surface area contributed by atoms with Crippen molar-refractivity contribution in [2.75, 3.05) is 13.1 Å². The quantitative estimate of drug-likeness (QED) is 0.918. The molecule has 0 saturated carbocycles. The molecule has 4 nitrogen and oxygen atoms in total. The van der Waals surface area contributed by atoms with Crippen LogP contribution in [0.3, 0.4) is 0 Å². The Morgan fingerprint density at radius 3 is 2.50 bits per heavy atom. The van der Waals surface area contributed by atoms with E-state index in [9.17, 15) is 13.5 Å². The van der Waals surface area contributed by atoms with E-state index in [1.807, 2.05) is 13.8 Å². The molecule has 1 heterocycles. The topological polar surface area (TPSA) is 57.6 Å². The number of halogens is 1. The second-order valence-electron chi connectivity index (χ2n) is 4.99. The van der Waals surface area contributed by atoms with E-state index in [1.54, 1.807) is 24.3 Å². The minimum Gasteiger partial charge on any atom is -0.387 e. The largest absolute Gasteiger partial charge is 0.387 e. The Labute approximate surface area is 116 Å². The van der Waals surface area contributed by atoms with Crippen molar-refractivity contribution in [3.05, 3.63) is 28.7 Å². The van der Waals surface area contributed by atoms with Gasteiger partial charge in [-0.25, -0.2) is 8.42 Å². The lowest BCUT2D eigenvalue weighted by molar-refractivity contribution is -0.0932. The SMILES string of the molecule is CC(C)C1(O)CN(S(=O)(=O)c2cccc(Br)c2)C1. The summed E-state index contributed by atoms with van der Waals surface area (Å²) in [6, 6.07) is 6.60. The van der Waals surface area contributed by atoms with Crippen molar-refractivity contribution in [1.29, 1.82) is 0 Å². The Morgan fingerprint density at radius 1 is 1.39 bits per heavy atom. The molecule has 0 spiro atoms. The van der Waals surface area contributed by atoms with E-state index in [4.69, 9.17) is 0 Å². The second kappa shape index (κ2) is 4.59. The van der Waals surface area contributed by atoms with Crippen LogP contribution in [-0.2, 0) is 10.0 Å². The predicted molar refractivity (Wildman–Crippen MR) is 72.7 cm³/mol. The number of rotatable bonds is 3. The van der Waals surface area contributed by atoms with Gasteiger partial charge in [0.1, 0.15) is 0 Å². The molecule has 18 heavy (non-hydrogen) atoms. The van der Waals surface area contributed by atoms with Gasteiger partial charge in [0.15, 0.2) is 0 Å². The van der Waals surface area contributed by atoms with Gasteiger partial charge >= 0.3 is 0 Å². The summed E-state index contributed by atoms with van der Waals surface area (Å²) in [5.74, 6) is 0.0476. The number of nitrogens with zero attached hydrogens (tertiary/aromatic N) is 1. The van der Waals surface area contributed by atoms with E-state index in [-0.39, 0.29) is 23.9 Å². The first-order valence-corrected chi connectivity index (χ1v) is 7.97. The highest BCUT2D eigenvalue weighted by molar-refractivity contribution is 9.10. The van der Waals surface area contributed by atoms with Gasteiger partial charge in [-0.15, -0.1) is 0 Å². The Hall–Kier alpha value is -0.430. The first-order valence-electron chi connectivity index (χ1n) is 5.74. The molecule has 0 radical (unpaired) electrons. The molecule has 1 saturated heterocycles. The molecule has 0 amide bonds. The maximum Gasteiger partial charge on any atom is 0.243 e. The number of β-amino-alcohol motifs (C(OH)–C–C–N with tert-alkyl or cyclic N) is 1. The van der Waals surface area contributed by atoms with E-state index in [0.29, 0.717) is 0 Å². The zero-order valence-electron chi connectivity index (χ0n) is 10.3. The Kier molecular flexibility index (Phi) is 3.57. The zero-order valence-corrected chi connectivity index (χ0v) is 12.7. The molecule has 1 aliphatic rings. The molecule has 6 heteroatoms. The molecule has 1 aromatic carbocycles. The lowest BCUT2D eigenvalue weighted by Gasteiger charge is -2.47. The van der Waals surface area contributed by atoms with Crippen LogP contribution in [0.5, 0.6) is 0 Å². The molecule has 1 aromatic rings. The van der Waals surface area contributed by atoms with Gasteiger partial charge in [0.25, 0.3) is 0 Å². The number of benzene rings is 1. The number of hydrogen-bond acceptors (Lipinski definition) is 3. The molecule has 1 fully saturated rings. The fourth-order valence-electron chi connectivity index (χ4n) is 1.88. The van der Waals surface area contributed by atoms with E-state index in [2.05, 4.69) is 15.9 Å². The van der Waals surface area contributed by atoms with Crippen LogP contribution in [-0.4, -0.2) is 36.5 Å². The van der Waals surface area contributed by atoms with Gasteiger partial charge in [-0.1, -0.05) is 35.8 Å². The molecule has 0 unspecified atom stereocenters. The van der Waals surface area contributed by atoms with Crippen molar-refractivity contribution < 1.29 is 13.5 Å². The monoisotopic (exact) mass is 333 g/mol. The third-order valence-corrected chi connectivity index (χ3v) is 5.69. The molecule has 100 valence electrons. The molecular weight excluding hydrogens is 318 g/mol. The summed E-state index contributed by atoms with van der Waals surface area (Å²) in [4.78, 5) is 0.252. The summed E-state index contributed by atoms with van der Waals surface area (Å²) < 4.78 is 26.6. The molecule has 1 aliphatic heterocycles. The Bertz CT molecular complexity index is 550. The maximum absolute atomic E-state index is 12.3. The van der Waals surface area contributed by atoms with Crippen molar-refractivity contribution in [3.63, 3.8) is 0 Å². The van der Waals surface area contributed by atoms with Gasteiger partial charge in [-0.05, 0) is 24.1 Å². The standard InChI is InChI=1S/C12H16BrNO3S/c1-9(2)12(15)7-14(8-12)18(16,17)11-5-3-4-10(13)6-11/h3-6,9,15H,7-8H2,1-2H3. The lowest BCUT2D eigenvalue weighted by Crippen LogP contribution is -2.65. The molecule has 1 N–H and O–H groups in total. The third-order valence-electron chi connectivity index (χ3n) is 3.41. The van der Waals surface area contributed by atoms with Crippen LogP contribution in [0.15, 0.2) is 33.6 Å². The summed E-state index contributed by atoms with van der Waals surface area (Å²) in [6.45, 7) is 4.12. The van der Waals surface area contributed by atoms with Crippen LogP contribution < -0.4 is 0 Å². The van der Waals surface area contributed by atoms with Gasteiger partial charge in [-0.2, -0.15) is 4.31 Å². The van der Waals surface area contributed by atoms with E-state index < -0.39 is 15.6 Å². The molecule has 0 aromatic heterocycles. The van der Waals surface area contributed by atoms with Crippen molar-refractivity contribution in [2.24, 2.45) is 5.92 Å². The average molecular weight is 334 g/mol. The average Bonchev–Trinajstić information content (AvgIpc) is 2.24. The van der Waals surface area contributed by atoms with Crippen LogP contribution in [0.4, 0.5) is 0 Å². The molecule has 0 aliphatic carbocycles. The van der Waals surface area contributed by atoms with Crippen molar-refractivity contribution in [2.45, 2.75) is 24.3 Å². The lowest BCUT2D eigenvalue weighted by atomic mass is 9.85. The van der Waals surface area contributed by atoms with Crippen LogP contribution >= 0.6 is 15.9 Å². The minimum atomic E-state index is -3.49. The van der Waals surface area contributed by atoms with E-state index in [1.165, 1.54) is 4.31 Å². The zero-order chi connectivity index (χ0) is 13.6. The summed E-state index contributed by atoms with van der Waals surface area (Å²) in [5, 5.41) is 10.1.